The average molecular weight is 322 g/mol. The fourth-order valence-corrected chi connectivity index (χ4v) is 2.43. The summed E-state index contributed by atoms with van der Waals surface area (Å²) in [5.41, 5.74) is 4.08. The van der Waals surface area contributed by atoms with Crippen LogP contribution in [-0.2, 0) is 0 Å². The highest BCUT2D eigenvalue weighted by Crippen LogP contribution is 2.22. The van der Waals surface area contributed by atoms with Crippen molar-refractivity contribution in [2.45, 2.75) is 13.8 Å². The quantitative estimate of drug-likeness (QED) is 0.925. The molecule has 2 aromatic rings. The number of anilines is 1. The number of rotatable bonds is 4. The summed E-state index contributed by atoms with van der Waals surface area (Å²) in [5, 5.41) is 2.86. The van der Waals surface area contributed by atoms with Crippen molar-refractivity contribution in [1.82, 2.24) is 4.90 Å². The van der Waals surface area contributed by atoms with Crippen LogP contribution in [0, 0.1) is 6.92 Å². The van der Waals surface area contributed by atoms with E-state index in [4.69, 9.17) is 0 Å². The van der Waals surface area contributed by atoms with Crippen LogP contribution in [0.5, 0.6) is 0 Å². The van der Waals surface area contributed by atoms with Gasteiger partial charge in [-0.3, -0.25) is 9.59 Å². The van der Waals surface area contributed by atoms with Gasteiger partial charge in [0.2, 0.25) is 0 Å². The molecule has 124 valence electrons. The molecule has 0 aliphatic heterocycles. The lowest BCUT2D eigenvalue weighted by Gasteiger charge is -2.16. The van der Waals surface area contributed by atoms with Gasteiger partial charge in [0.15, 0.2) is 0 Å². The predicted octanol–water partition coefficient (Wildman–Crippen LogP) is 3.98. The Morgan fingerprint density at radius 2 is 1.62 bits per heavy atom. The monoisotopic (exact) mass is 322 g/mol. The number of aryl methyl sites for hydroxylation is 1. The first kappa shape index (κ1) is 17.5. The number of benzene rings is 2. The van der Waals surface area contributed by atoms with Gasteiger partial charge in [-0.15, -0.1) is 0 Å². The molecule has 24 heavy (non-hydrogen) atoms. The number of nitrogens with zero attached hydrogens (tertiary/aromatic N) is 1. The van der Waals surface area contributed by atoms with Crippen LogP contribution in [0.1, 0.15) is 38.8 Å². The Balaban J connectivity index is 2.40. The number of carbonyl (C=O) groups excluding carboxylic acids is 2. The molecule has 2 rings (SSSR count). The average Bonchev–Trinajstić information content (AvgIpc) is 2.55. The molecule has 0 aliphatic carbocycles. The molecule has 0 spiro atoms. The van der Waals surface area contributed by atoms with Gasteiger partial charge in [-0.25, -0.2) is 0 Å². The Kier molecular flexibility index (Phi) is 5.19. The van der Waals surface area contributed by atoms with Crippen LogP contribution in [0.25, 0.3) is 5.57 Å². The summed E-state index contributed by atoms with van der Waals surface area (Å²) in [7, 11) is 3.37. The molecule has 0 radical (unpaired) electrons. The number of nitrogens with one attached hydrogen (secondary N) is 1. The van der Waals surface area contributed by atoms with Gasteiger partial charge in [0.1, 0.15) is 0 Å². The molecule has 0 atom stereocenters. The summed E-state index contributed by atoms with van der Waals surface area (Å²) < 4.78 is 0. The van der Waals surface area contributed by atoms with E-state index in [1.807, 2.05) is 38.1 Å². The topological polar surface area (TPSA) is 49.4 Å². The second-order valence-electron chi connectivity index (χ2n) is 6.03. The molecule has 0 unspecified atom stereocenters. The van der Waals surface area contributed by atoms with Crippen molar-refractivity contribution >= 4 is 23.1 Å². The molecule has 0 aromatic heterocycles. The number of amides is 2. The Morgan fingerprint density at radius 3 is 2.21 bits per heavy atom. The summed E-state index contributed by atoms with van der Waals surface area (Å²) in [6, 6.07) is 12.7. The second-order valence-corrected chi connectivity index (χ2v) is 6.03. The summed E-state index contributed by atoms with van der Waals surface area (Å²) in [6.45, 7) is 7.69. The molecular weight excluding hydrogens is 300 g/mol. The van der Waals surface area contributed by atoms with E-state index in [1.165, 1.54) is 4.90 Å². The SMILES string of the molecule is C=C(C)c1ccccc1C(=O)Nc1ccc(C)cc1C(=O)N(C)C. The van der Waals surface area contributed by atoms with Gasteiger partial charge in [-0.05, 0) is 37.6 Å². The van der Waals surface area contributed by atoms with Crippen LogP contribution in [0.4, 0.5) is 5.69 Å². The van der Waals surface area contributed by atoms with E-state index < -0.39 is 0 Å². The fraction of sp³-hybridized carbons (Fsp3) is 0.200. The maximum atomic E-state index is 12.7. The van der Waals surface area contributed by atoms with E-state index in [2.05, 4.69) is 11.9 Å². The van der Waals surface area contributed by atoms with Crippen LogP contribution < -0.4 is 5.32 Å². The third-order valence-electron chi connectivity index (χ3n) is 3.69. The first-order chi connectivity index (χ1) is 11.3. The van der Waals surface area contributed by atoms with Crippen molar-refractivity contribution < 1.29 is 9.59 Å². The highest BCUT2D eigenvalue weighted by atomic mass is 16.2. The van der Waals surface area contributed by atoms with Gasteiger partial charge in [-0.2, -0.15) is 0 Å². The van der Waals surface area contributed by atoms with Gasteiger partial charge in [-0.1, -0.05) is 42.0 Å². The van der Waals surface area contributed by atoms with Gasteiger partial charge in [0, 0.05) is 19.7 Å². The number of allylic oxidation sites excluding steroid dienone is 1. The van der Waals surface area contributed by atoms with Crippen molar-refractivity contribution in [3.63, 3.8) is 0 Å². The minimum atomic E-state index is -0.259. The van der Waals surface area contributed by atoms with Gasteiger partial charge in [0.25, 0.3) is 11.8 Å². The van der Waals surface area contributed by atoms with E-state index in [0.717, 1.165) is 16.7 Å². The smallest absolute Gasteiger partial charge is 0.256 e. The predicted molar refractivity (Wildman–Crippen MR) is 98.3 cm³/mol. The Hall–Kier alpha value is -2.88. The summed E-state index contributed by atoms with van der Waals surface area (Å²) in [4.78, 5) is 26.6. The first-order valence-corrected chi connectivity index (χ1v) is 7.70. The third-order valence-corrected chi connectivity index (χ3v) is 3.69. The number of hydrogen-bond acceptors (Lipinski definition) is 2. The molecule has 4 heteroatoms. The molecular formula is C20H22N2O2. The maximum Gasteiger partial charge on any atom is 0.256 e. The lowest BCUT2D eigenvalue weighted by molar-refractivity contribution is 0.0828. The van der Waals surface area contributed by atoms with E-state index in [9.17, 15) is 9.59 Å². The molecule has 0 fully saturated rings. The fourth-order valence-electron chi connectivity index (χ4n) is 2.43. The van der Waals surface area contributed by atoms with Crippen LogP contribution in [-0.4, -0.2) is 30.8 Å². The Labute approximate surface area is 142 Å². The van der Waals surface area contributed by atoms with Crippen molar-refractivity contribution in [2.24, 2.45) is 0 Å². The molecule has 2 amide bonds. The molecule has 0 saturated carbocycles. The Morgan fingerprint density at radius 1 is 1.00 bits per heavy atom. The van der Waals surface area contributed by atoms with Crippen LogP contribution >= 0.6 is 0 Å². The van der Waals surface area contributed by atoms with E-state index in [-0.39, 0.29) is 11.8 Å². The minimum Gasteiger partial charge on any atom is -0.345 e. The zero-order valence-corrected chi connectivity index (χ0v) is 14.5. The minimum absolute atomic E-state index is 0.151. The molecule has 1 N–H and O–H groups in total. The summed E-state index contributed by atoms with van der Waals surface area (Å²) in [6.07, 6.45) is 0. The van der Waals surface area contributed by atoms with Gasteiger partial charge in [0.05, 0.1) is 11.3 Å². The van der Waals surface area contributed by atoms with Gasteiger partial charge < -0.3 is 10.2 Å². The van der Waals surface area contributed by atoms with Crippen LogP contribution in [0.2, 0.25) is 0 Å². The zero-order valence-electron chi connectivity index (χ0n) is 14.5. The normalized spacial score (nSPS) is 10.2. The number of hydrogen-bond donors (Lipinski definition) is 1. The Bertz CT molecular complexity index is 807. The van der Waals surface area contributed by atoms with E-state index >= 15 is 0 Å². The maximum absolute atomic E-state index is 12.7. The van der Waals surface area contributed by atoms with E-state index in [0.29, 0.717) is 16.8 Å². The first-order valence-electron chi connectivity index (χ1n) is 7.70. The van der Waals surface area contributed by atoms with Crippen molar-refractivity contribution in [3.8, 4) is 0 Å². The zero-order chi connectivity index (χ0) is 17.9. The second kappa shape index (κ2) is 7.13. The largest absolute Gasteiger partial charge is 0.345 e. The highest BCUT2D eigenvalue weighted by Gasteiger charge is 2.17. The van der Waals surface area contributed by atoms with Gasteiger partial charge >= 0.3 is 0 Å². The standard InChI is InChI=1S/C20H22N2O2/c1-13(2)15-8-6-7-9-16(15)19(23)21-18-11-10-14(3)12-17(18)20(24)22(4)5/h6-12H,1H2,2-5H3,(H,21,23). The molecule has 0 heterocycles. The summed E-state index contributed by atoms with van der Waals surface area (Å²) in [5.74, 6) is -0.410. The molecule has 2 aromatic carbocycles. The lowest BCUT2D eigenvalue weighted by atomic mass is 10.0. The van der Waals surface area contributed by atoms with Crippen molar-refractivity contribution in [2.75, 3.05) is 19.4 Å². The van der Waals surface area contributed by atoms with Crippen LogP contribution in [0.15, 0.2) is 49.0 Å². The van der Waals surface area contributed by atoms with Crippen molar-refractivity contribution in [1.29, 1.82) is 0 Å². The van der Waals surface area contributed by atoms with Crippen molar-refractivity contribution in [3.05, 3.63) is 71.3 Å². The highest BCUT2D eigenvalue weighted by molar-refractivity contribution is 6.10. The van der Waals surface area contributed by atoms with Crippen LogP contribution in [0.3, 0.4) is 0 Å². The lowest BCUT2D eigenvalue weighted by Crippen LogP contribution is -2.24. The molecule has 4 nitrogen and oxygen atoms in total. The summed E-state index contributed by atoms with van der Waals surface area (Å²) >= 11 is 0. The molecule has 0 bridgehead atoms. The number of carbonyl (C=O) groups is 2. The molecule has 0 saturated heterocycles. The third kappa shape index (κ3) is 3.71. The van der Waals surface area contributed by atoms with E-state index in [1.54, 1.807) is 32.3 Å². The molecule has 0 aliphatic rings.